The van der Waals surface area contributed by atoms with Crippen molar-refractivity contribution in [2.75, 3.05) is 20.3 Å². The molecule has 0 saturated carbocycles. The van der Waals surface area contributed by atoms with Crippen LogP contribution in [-0.4, -0.2) is 41.3 Å². The fourth-order valence-corrected chi connectivity index (χ4v) is 4.41. The summed E-state index contributed by atoms with van der Waals surface area (Å²) in [5, 5.41) is 11.5. The molecule has 3 aromatic carbocycles. The van der Waals surface area contributed by atoms with Gasteiger partial charge in [-0.3, -0.25) is 9.89 Å². The Bertz CT molecular complexity index is 1620. The van der Waals surface area contributed by atoms with Crippen LogP contribution < -0.4 is 14.8 Å². The molecule has 0 aliphatic heterocycles. The standard InChI is InChI=1S/C29H26F2N4O3/c1-3-27(36)32-9-10-38-26-14-18(11-17-5-4-6-20(12-17)37-2)13-23-22(26)16-25(33-23)28-21-8-7-19(29(30)31)15-24(21)34-35-28/h3-8,12-16,29,33H,1,9-11H2,2H3,(H,32,36)(H,34,35). The Hall–Kier alpha value is -4.66. The van der Waals surface area contributed by atoms with Crippen molar-refractivity contribution < 1.29 is 23.0 Å². The molecule has 2 aromatic heterocycles. The molecule has 0 unspecified atom stereocenters. The molecule has 5 rings (SSSR count). The average molecular weight is 517 g/mol. The molecule has 0 saturated heterocycles. The van der Waals surface area contributed by atoms with Gasteiger partial charge in [-0.25, -0.2) is 8.78 Å². The molecular formula is C29H26F2N4O3. The number of ether oxygens (including phenoxy) is 2. The molecular weight excluding hydrogens is 490 g/mol. The highest BCUT2D eigenvalue weighted by Gasteiger charge is 2.16. The first-order valence-corrected chi connectivity index (χ1v) is 12.0. The van der Waals surface area contributed by atoms with Crippen molar-refractivity contribution in [3.05, 3.63) is 90.0 Å². The Morgan fingerprint density at radius 1 is 1.08 bits per heavy atom. The number of methoxy groups -OCH3 is 1. The highest BCUT2D eigenvalue weighted by atomic mass is 19.3. The largest absolute Gasteiger partial charge is 0.497 e. The lowest BCUT2D eigenvalue weighted by molar-refractivity contribution is -0.116. The van der Waals surface area contributed by atoms with Gasteiger partial charge >= 0.3 is 0 Å². The van der Waals surface area contributed by atoms with Gasteiger partial charge in [-0.15, -0.1) is 0 Å². The lowest BCUT2D eigenvalue weighted by Gasteiger charge is -2.11. The summed E-state index contributed by atoms with van der Waals surface area (Å²) >= 11 is 0. The number of nitrogens with zero attached hydrogens (tertiary/aromatic N) is 1. The number of hydrogen-bond donors (Lipinski definition) is 3. The summed E-state index contributed by atoms with van der Waals surface area (Å²) in [7, 11) is 1.63. The van der Waals surface area contributed by atoms with Crippen LogP contribution in [0.5, 0.6) is 11.5 Å². The smallest absolute Gasteiger partial charge is 0.263 e. The zero-order valence-electron chi connectivity index (χ0n) is 20.7. The molecule has 0 spiro atoms. The molecule has 2 heterocycles. The molecule has 1 amide bonds. The van der Waals surface area contributed by atoms with Crippen LogP contribution in [0.3, 0.4) is 0 Å². The Morgan fingerprint density at radius 3 is 2.74 bits per heavy atom. The predicted octanol–water partition coefficient (Wildman–Crippen LogP) is 5.93. The van der Waals surface area contributed by atoms with E-state index < -0.39 is 6.43 Å². The molecule has 0 bridgehead atoms. The van der Waals surface area contributed by atoms with E-state index in [1.165, 1.54) is 18.2 Å². The van der Waals surface area contributed by atoms with Gasteiger partial charge in [-0.2, -0.15) is 5.10 Å². The van der Waals surface area contributed by atoms with Gasteiger partial charge in [0.25, 0.3) is 6.43 Å². The average Bonchev–Trinajstić information content (AvgIpc) is 3.54. The van der Waals surface area contributed by atoms with Crippen molar-refractivity contribution in [1.82, 2.24) is 20.5 Å². The monoisotopic (exact) mass is 516 g/mol. The third-order valence-electron chi connectivity index (χ3n) is 6.24. The predicted molar refractivity (Wildman–Crippen MR) is 143 cm³/mol. The third-order valence-corrected chi connectivity index (χ3v) is 6.24. The minimum absolute atomic E-state index is 0.0641. The van der Waals surface area contributed by atoms with Crippen molar-refractivity contribution in [2.45, 2.75) is 12.8 Å². The highest BCUT2D eigenvalue weighted by molar-refractivity contribution is 5.97. The summed E-state index contributed by atoms with van der Waals surface area (Å²) in [6.07, 6.45) is -0.699. The minimum atomic E-state index is -2.56. The first-order chi connectivity index (χ1) is 18.4. The number of carbonyl (C=O) groups is 1. The lowest BCUT2D eigenvalue weighted by atomic mass is 10.0. The molecule has 38 heavy (non-hydrogen) atoms. The number of amides is 1. The third kappa shape index (κ3) is 5.22. The van der Waals surface area contributed by atoms with Crippen molar-refractivity contribution in [1.29, 1.82) is 0 Å². The number of hydrogen-bond acceptors (Lipinski definition) is 4. The quantitative estimate of drug-likeness (QED) is 0.159. The Kier molecular flexibility index (Phi) is 7.08. The van der Waals surface area contributed by atoms with Gasteiger partial charge in [0, 0.05) is 21.9 Å². The van der Waals surface area contributed by atoms with Gasteiger partial charge in [0.2, 0.25) is 5.91 Å². The van der Waals surface area contributed by atoms with Crippen LogP contribution >= 0.6 is 0 Å². The molecule has 7 nitrogen and oxygen atoms in total. The Balaban J connectivity index is 1.51. The zero-order valence-corrected chi connectivity index (χ0v) is 20.7. The summed E-state index contributed by atoms with van der Waals surface area (Å²) in [5.41, 5.74) is 4.74. The van der Waals surface area contributed by atoms with Crippen molar-refractivity contribution >= 4 is 27.7 Å². The highest BCUT2D eigenvalue weighted by Crippen LogP contribution is 2.35. The number of carbonyl (C=O) groups excluding carboxylic acids is 1. The topological polar surface area (TPSA) is 92.0 Å². The van der Waals surface area contributed by atoms with E-state index in [9.17, 15) is 13.6 Å². The van der Waals surface area contributed by atoms with Crippen molar-refractivity contribution in [2.24, 2.45) is 0 Å². The van der Waals surface area contributed by atoms with Gasteiger partial charge in [-0.1, -0.05) is 30.8 Å². The Morgan fingerprint density at radius 2 is 1.95 bits per heavy atom. The molecule has 0 atom stereocenters. The molecule has 9 heteroatoms. The van der Waals surface area contributed by atoms with Gasteiger partial charge in [0.15, 0.2) is 0 Å². The van der Waals surface area contributed by atoms with Crippen LogP contribution in [0.25, 0.3) is 33.2 Å². The number of halogens is 2. The molecule has 0 radical (unpaired) electrons. The summed E-state index contributed by atoms with van der Waals surface area (Å²) in [6.45, 7) is 4.04. The summed E-state index contributed by atoms with van der Waals surface area (Å²) in [6, 6.07) is 18.3. The second kappa shape index (κ2) is 10.8. The summed E-state index contributed by atoms with van der Waals surface area (Å²) in [5.74, 6) is 1.16. The van der Waals surface area contributed by atoms with E-state index in [1.807, 2.05) is 36.4 Å². The van der Waals surface area contributed by atoms with Gasteiger partial charge in [0.1, 0.15) is 23.8 Å². The maximum absolute atomic E-state index is 13.1. The fourth-order valence-electron chi connectivity index (χ4n) is 4.41. The summed E-state index contributed by atoms with van der Waals surface area (Å²) in [4.78, 5) is 14.9. The molecule has 3 N–H and O–H groups in total. The van der Waals surface area contributed by atoms with E-state index in [0.29, 0.717) is 29.9 Å². The van der Waals surface area contributed by atoms with Gasteiger partial charge in [0.05, 0.1) is 24.9 Å². The normalized spacial score (nSPS) is 11.3. The van der Waals surface area contributed by atoms with Gasteiger partial charge in [-0.05, 0) is 60.0 Å². The van der Waals surface area contributed by atoms with E-state index >= 15 is 0 Å². The number of rotatable bonds is 10. The zero-order chi connectivity index (χ0) is 26.6. The number of fused-ring (bicyclic) bond motifs is 2. The van der Waals surface area contributed by atoms with Gasteiger partial charge < -0.3 is 19.8 Å². The maximum Gasteiger partial charge on any atom is 0.263 e. The molecule has 194 valence electrons. The van der Waals surface area contributed by atoms with Crippen molar-refractivity contribution in [3.8, 4) is 22.9 Å². The molecule has 0 aliphatic rings. The van der Waals surface area contributed by atoms with Crippen LogP contribution in [0, 0.1) is 0 Å². The number of aromatic nitrogens is 3. The van der Waals surface area contributed by atoms with Crippen LogP contribution in [0.2, 0.25) is 0 Å². The van der Waals surface area contributed by atoms with Crippen LogP contribution in [0.15, 0.2) is 73.3 Å². The van der Waals surface area contributed by atoms with E-state index in [2.05, 4.69) is 33.1 Å². The molecule has 5 aromatic rings. The summed E-state index contributed by atoms with van der Waals surface area (Å²) < 4.78 is 37.7. The minimum Gasteiger partial charge on any atom is -0.497 e. The van der Waals surface area contributed by atoms with E-state index in [1.54, 1.807) is 13.2 Å². The molecule has 0 aliphatic carbocycles. The molecule has 0 fully saturated rings. The van der Waals surface area contributed by atoms with Crippen molar-refractivity contribution in [3.63, 3.8) is 0 Å². The number of nitrogens with one attached hydrogen (secondary N) is 3. The first-order valence-electron chi connectivity index (χ1n) is 12.0. The van der Waals surface area contributed by atoms with E-state index in [0.717, 1.165) is 38.9 Å². The second-order valence-corrected chi connectivity index (χ2v) is 8.79. The number of H-pyrrole nitrogens is 2. The fraction of sp³-hybridized carbons (Fsp3) is 0.172. The van der Waals surface area contributed by atoms with Crippen LogP contribution in [0.1, 0.15) is 23.1 Å². The number of alkyl halides is 2. The van der Waals surface area contributed by atoms with Crippen LogP contribution in [-0.2, 0) is 11.2 Å². The Labute approximate surface area is 217 Å². The first kappa shape index (κ1) is 25.0. The maximum atomic E-state index is 13.1. The van der Waals surface area contributed by atoms with Crippen LogP contribution in [0.4, 0.5) is 8.78 Å². The number of aromatic amines is 2. The lowest BCUT2D eigenvalue weighted by Crippen LogP contribution is -2.26. The van der Waals surface area contributed by atoms with E-state index in [4.69, 9.17) is 9.47 Å². The van der Waals surface area contributed by atoms with E-state index in [-0.39, 0.29) is 18.1 Å². The second-order valence-electron chi connectivity index (χ2n) is 8.79. The SMILES string of the molecule is C=CC(=O)NCCOc1cc(Cc2cccc(OC)c2)cc2[nH]c(-c3n[nH]c4cc(C(F)F)ccc34)cc12. The number of benzene rings is 3.